The Hall–Kier alpha value is -3.20. The van der Waals surface area contributed by atoms with Crippen LogP contribution in [0, 0.1) is 12.7 Å². The number of nitrogens with zero attached hydrogens (tertiary/aromatic N) is 3. The van der Waals surface area contributed by atoms with E-state index in [0.717, 1.165) is 16.8 Å². The number of thioether (sulfide) groups is 1. The Kier molecular flexibility index (Phi) is 8.38. The van der Waals surface area contributed by atoms with E-state index in [4.69, 9.17) is 4.74 Å². The molecular formula is C23H25FN4O3S. The molecule has 1 N–H and O–H groups in total. The van der Waals surface area contributed by atoms with Gasteiger partial charge in [-0.05, 0) is 43.7 Å². The Morgan fingerprint density at radius 3 is 2.47 bits per heavy atom. The fourth-order valence-electron chi connectivity index (χ4n) is 2.90. The summed E-state index contributed by atoms with van der Waals surface area (Å²) in [5.41, 5.74) is 2.96. The monoisotopic (exact) mass is 456 g/mol. The van der Waals surface area contributed by atoms with Gasteiger partial charge in [-0.2, -0.15) is 0 Å². The third kappa shape index (κ3) is 6.65. The van der Waals surface area contributed by atoms with Crippen LogP contribution in [0.5, 0.6) is 0 Å². The molecule has 0 aliphatic carbocycles. The standard InChI is InChI=1S/C23H25FN4O3S/c1-3-31-22(30)13-12-21(29)25-14-20-26-27-23(28(20)19-10-4-16(2)5-11-19)32-15-17-6-8-18(24)9-7-17/h4-11H,3,12-15H2,1-2H3,(H,25,29). The van der Waals surface area contributed by atoms with Crippen molar-refractivity contribution in [3.8, 4) is 5.69 Å². The molecule has 1 amide bonds. The molecule has 3 rings (SSSR count). The van der Waals surface area contributed by atoms with Crippen molar-refractivity contribution >= 4 is 23.6 Å². The van der Waals surface area contributed by atoms with Gasteiger partial charge in [0.05, 0.1) is 19.6 Å². The summed E-state index contributed by atoms with van der Waals surface area (Å²) in [5, 5.41) is 12.0. The van der Waals surface area contributed by atoms with Gasteiger partial charge >= 0.3 is 5.97 Å². The minimum atomic E-state index is -0.398. The second-order valence-corrected chi connectivity index (χ2v) is 8.01. The molecule has 0 fully saturated rings. The molecule has 0 unspecified atom stereocenters. The molecule has 3 aromatic rings. The Morgan fingerprint density at radius 1 is 1.06 bits per heavy atom. The van der Waals surface area contributed by atoms with Crippen molar-refractivity contribution in [1.29, 1.82) is 0 Å². The number of rotatable bonds is 10. The maximum absolute atomic E-state index is 13.2. The van der Waals surface area contributed by atoms with Crippen molar-refractivity contribution in [2.45, 2.75) is 44.1 Å². The van der Waals surface area contributed by atoms with E-state index in [1.807, 2.05) is 35.8 Å². The van der Waals surface area contributed by atoms with Crippen LogP contribution in [-0.4, -0.2) is 33.2 Å². The average Bonchev–Trinajstić information content (AvgIpc) is 3.19. The first-order chi connectivity index (χ1) is 15.5. The van der Waals surface area contributed by atoms with Gasteiger partial charge in [0.25, 0.3) is 0 Å². The number of carbonyl (C=O) groups is 2. The molecular weight excluding hydrogens is 431 g/mol. The van der Waals surface area contributed by atoms with Gasteiger partial charge in [0, 0.05) is 17.9 Å². The van der Waals surface area contributed by atoms with Crippen LogP contribution in [-0.2, 0) is 26.6 Å². The second kappa shape index (κ2) is 11.4. The van der Waals surface area contributed by atoms with Crippen molar-refractivity contribution < 1.29 is 18.7 Å². The molecule has 9 heteroatoms. The summed E-state index contributed by atoms with van der Waals surface area (Å²) >= 11 is 1.47. The number of hydrogen-bond donors (Lipinski definition) is 1. The molecule has 0 aliphatic rings. The van der Waals surface area contributed by atoms with Gasteiger partial charge in [-0.15, -0.1) is 10.2 Å². The Morgan fingerprint density at radius 2 is 1.78 bits per heavy atom. The molecule has 168 valence electrons. The zero-order valence-corrected chi connectivity index (χ0v) is 18.8. The molecule has 2 aromatic carbocycles. The number of aromatic nitrogens is 3. The maximum atomic E-state index is 13.2. The van der Waals surface area contributed by atoms with Crippen LogP contribution >= 0.6 is 11.8 Å². The van der Waals surface area contributed by atoms with Crippen LogP contribution in [0.4, 0.5) is 4.39 Å². The summed E-state index contributed by atoms with van der Waals surface area (Å²) in [5.74, 6) is 0.223. The molecule has 0 saturated carbocycles. The van der Waals surface area contributed by atoms with Crippen LogP contribution in [0.2, 0.25) is 0 Å². The molecule has 0 radical (unpaired) electrons. The number of ether oxygens (including phenoxy) is 1. The van der Waals surface area contributed by atoms with Crippen LogP contribution < -0.4 is 5.32 Å². The van der Waals surface area contributed by atoms with Crippen molar-refractivity contribution in [2.24, 2.45) is 0 Å². The lowest BCUT2D eigenvalue weighted by Crippen LogP contribution is -2.25. The van der Waals surface area contributed by atoms with E-state index in [2.05, 4.69) is 15.5 Å². The van der Waals surface area contributed by atoms with E-state index < -0.39 is 5.97 Å². The zero-order chi connectivity index (χ0) is 22.9. The van der Waals surface area contributed by atoms with Gasteiger partial charge in [0.1, 0.15) is 5.82 Å². The lowest BCUT2D eigenvalue weighted by atomic mass is 10.2. The number of aryl methyl sites for hydroxylation is 1. The quantitative estimate of drug-likeness (QED) is 0.367. The molecule has 32 heavy (non-hydrogen) atoms. The first-order valence-electron chi connectivity index (χ1n) is 10.3. The van der Waals surface area contributed by atoms with Gasteiger partial charge < -0.3 is 10.1 Å². The van der Waals surface area contributed by atoms with Crippen molar-refractivity contribution in [3.05, 3.63) is 71.3 Å². The number of esters is 1. The highest BCUT2D eigenvalue weighted by atomic mass is 32.2. The Bertz CT molecular complexity index is 1050. The summed E-state index contributed by atoms with van der Waals surface area (Å²) < 4.78 is 19.9. The zero-order valence-electron chi connectivity index (χ0n) is 18.0. The normalized spacial score (nSPS) is 10.7. The van der Waals surface area contributed by atoms with Crippen LogP contribution in [0.1, 0.15) is 36.7 Å². The van der Waals surface area contributed by atoms with E-state index in [0.29, 0.717) is 23.3 Å². The van der Waals surface area contributed by atoms with Crippen molar-refractivity contribution in [1.82, 2.24) is 20.1 Å². The molecule has 7 nitrogen and oxygen atoms in total. The van der Waals surface area contributed by atoms with Crippen LogP contribution in [0.25, 0.3) is 5.69 Å². The highest BCUT2D eigenvalue weighted by molar-refractivity contribution is 7.98. The third-order valence-electron chi connectivity index (χ3n) is 4.58. The molecule has 1 heterocycles. The fourth-order valence-corrected chi connectivity index (χ4v) is 3.83. The molecule has 0 saturated heterocycles. The SMILES string of the molecule is CCOC(=O)CCC(=O)NCc1nnc(SCc2ccc(F)cc2)n1-c1ccc(C)cc1. The lowest BCUT2D eigenvalue weighted by molar-refractivity contribution is -0.144. The van der Waals surface area contributed by atoms with Crippen molar-refractivity contribution in [3.63, 3.8) is 0 Å². The predicted octanol–water partition coefficient (Wildman–Crippen LogP) is 3.97. The summed E-state index contributed by atoms with van der Waals surface area (Å²) in [7, 11) is 0. The highest BCUT2D eigenvalue weighted by Gasteiger charge is 2.16. The molecule has 0 aliphatic heterocycles. The predicted molar refractivity (Wildman–Crippen MR) is 120 cm³/mol. The second-order valence-electron chi connectivity index (χ2n) is 7.07. The van der Waals surface area contributed by atoms with E-state index >= 15 is 0 Å². The van der Waals surface area contributed by atoms with Crippen LogP contribution in [0.15, 0.2) is 53.7 Å². The number of benzene rings is 2. The summed E-state index contributed by atoms with van der Waals surface area (Å²) in [6.45, 7) is 4.18. The number of nitrogens with one attached hydrogen (secondary N) is 1. The van der Waals surface area contributed by atoms with Crippen LogP contribution in [0.3, 0.4) is 0 Å². The maximum Gasteiger partial charge on any atom is 0.306 e. The topological polar surface area (TPSA) is 86.1 Å². The summed E-state index contributed by atoms with van der Waals surface area (Å²) in [4.78, 5) is 23.6. The molecule has 0 atom stereocenters. The Labute approximate surface area is 190 Å². The van der Waals surface area contributed by atoms with E-state index in [9.17, 15) is 14.0 Å². The largest absolute Gasteiger partial charge is 0.466 e. The molecule has 0 spiro atoms. The Balaban J connectivity index is 1.72. The van der Waals surface area contributed by atoms with Gasteiger partial charge in [0.2, 0.25) is 5.91 Å². The van der Waals surface area contributed by atoms with E-state index in [-0.39, 0.29) is 31.1 Å². The molecule has 0 bridgehead atoms. The molecule has 1 aromatic heterocycles. The minimum Gasteiger partial charge on any atom is -0.466 e. The average molecular weight is 457 g/mol. The first kappa shape index (κ1) is 23.5. The van der Waals surface area contributed by atoms with Gasteiger partial charge in [-0.3, -0.25) is 14.2 Å². The smallest absolute Gasteiger partial charge is 0.306 e. The van der Waals surface area contributed by atoms with Gasteiger partial charge in [-0.1, -0.05) is 41.6 Å². The number of amides is 1. The van der Waals surface area contributed by atoms with Gasteiger partial charge in [0.15, 0.2) is 11.0 Å². The van der Waals surface area contributed by atoms with E-state index in [1.165, 1.54) is 23.9 Å². The van der Waals surface area contributed by atoms with E-state index in [1.54, 1.807) is 19.1 Å². The lowest BCUT2D eigenvalue weighted by Gasteiger charge is -2.11. The first-order valence-corrected chi connectivity index (χ1v) is 11.3. The summed E-state index contributed by atoms with van der Waals surface area (Å²) in [6, 6.07) is 14.2. The fraction of sp³-hybridized carbons (Fsp3) is 0.304. The number of carbonyl (C=O) groups excluding carboxylic acids is 2. The number of halogens is 1. The summed E-state index contributed by atoms with van der Waals surface area (Å²) in [6.07, 6.45) is 0.0762. The highest BCUT2D eigenvalue weighted by Crippen LogP contribution is 2.25. The van der Waals surface area contributed by atoms with Gasteiger partial charge in [-0.25, -0.2) is 4.39 Å². The minimum absolute atomic E-state index is 0.0309. The third-order valence-corrected chi connectivity index (χ3v) is 5.58. The number of hydrogen-bond acceptors (Lipinski definition) is 6. The van der Waals surface area contributed by atoms with Crippen molar-refractivity contribution in [2.75, 3.05) is 6.61 Å².